The molecule has 1 nitrogen and oxygen atoms in total. The minimum atomic E-state index is 0. The molecule has 2 unspecified atom stereocenters. The predicted octanol–water partition coefficient (Wildman–Crippen LogP) is -1.46. The molecule has 2 atom stereocenters. The maximum atomic E-state index is 3.48. The Morgan fingerprint density at radius 1 is 1.11 bits per heavy atom. The van der Waals surface area contributed by atoms with Crippen LogP contribution in [0.4, 0.5) is 0 Å². The van der Waals surface area contributed by atoms with Gasteiger partial charge in [-0.25, -0.2) is 0 Å². The first kappa shape index (κ1) is 9.25. The van der Waals surface area contributed by atoms with Crippen molar-refractivity contribution >= 4 is 0 Å². The normalized spacial score (nSPS) is 35.3. The standard InChI is InChI=1S/C7H15N.ClH/c1-6-4-3-5-7(2)8-6;/h6-8H,3-5H2,1-2H3;1H/p-1. The molecule has 1 rings (SSSR count). The SMILES string of the molecule is CC1CCCC(C)N1.[Cl-]. The maximum Gasteiger partial charge on any atom is 0.00412 e. The smallest absolute Gasteiger partial charge is 0.00412 e. The minimum absolute atomic E-state index is 0. The van der Waals surface area contributed by atoms with Crippen LogP contribution in [0.15, 0.2) is 0 Å². The first-order chi connectivity index (χ1) is 3.79. The van der Waals surface area contributed by atoms with Gasteiger partial charge in [0.1, 0.15) is 0 Å². The number of halogens is 1. The van der Waals surface area contributed by atoms with Crippen LogP contribution in [0.5, 0.6) is 0 Å². The van der Waals surface area contributed by atoms with Gasteiger partial charge >= 0.3 is 0 Å². The van der Waals surface area contributed by atoms with E-state index in [4.69, 9.17) is 0 Å². The lowest BCUT2D eigenvalue weighted by molar-refractivity contribution is -0.00000219. The summed E-state index contributed by atoms with van der Waals surface area (Å²) < 4.78 is 0. The van der Waals surface area contributed by atoms with Crippen molar-refractivity contribution in [2.45, 2.75) is 45.2 Å². The second-order valence-electron chi connectivity index (χ2n) is 2.90. The van der Waals surface area contributed by atoms with Gasteiger partial charge in [-0.1, -0.05) is 6.42 Å². The van der Waals surface area contributed by atoms with Crippen LogP contribution in [0.25, 0.3) is 0 Å². The van der Waals surface area contributed by atoms with Crippen molar-refractivity contribution in [2.24, 2.45) is 0 Å². The fraction of sp³-hybridized carbons (Fsp3) is 1.00. The summed E-state index contributed by atoms with van der Waals surface area (Å²) in [6, 6.07) is 1.53. The molecule has 9 heavy (non-hydrogen) atoms. The second kappa shape index (κ2) is 4.13. The van der Waals surface area contributed by atoms with E-state index in [1.54, 1.807) is 0 Å². The summed E-state index contributed by atoms with van der Waals surface area (Å²) in [4.78, 5) is 0. The van der Waals surface area contributed by atoms with E-state index in [9.17, 15) is 0 Å². The third kappa shape index (κ3) is 3.07. The Morgan fingerprint density at radius 3 is 1.78 bits per heavy atom. The average molecular weight is 149 g/mol. The molecular weight excluding hydrogens is 134 g/mol. The third-order valence-electron chi connectivity index (χ3n) is 1.84. The predicted molar refractivity (Wildman–Crippen MR) is 35.9 cm³/mol. The number of nitrogens with one attached hydrogen (secondary N) is 1. The zero-order chi connectivity index (χ0) is 5.98. The van der Waals surface area contributed by atoms with E-state index in [1.165, 1.54) is 19.3 Å². The Bertz CT molecular complexity index is 67.3. The summed E-state index contributed by atoms with van der Waals surface area (Å²) in [5.74, 6) is 0. The zero-order valence-electron chi connectivity index (χ0n) is 6.15. The lowest BCUT2D eigenvalue weighted by atomic mass is 10.0. The number of rotatable bonds is 0. The molecule has 0 aromatic carbocycles. The Hall–Kier alpha value is 0.250. The van der Waals surface area contributed by atoms with E-state index in [-0.39, 0.29) is 12.4 Å². The molecule has 0 radical (unpaired) electrons. The molecule has 0 amide bonds. The molecule has 1 heterocycles. The fourth-order valence-electron chi connectivity index (χ4n) is 1.38. The van der Waals surface area contributed by atoms with Gasteiger partial charge in [0.25, 0.3) is 0 Å². The highest BCUT2D eigenvalue weighted by Crippen LogP contribution is 2.10. The van der Waals surface area contributed by atoms with E-state index < -0.39 is 0 Å². The van der Waals surface area contributed by atoms with Crippen LogP contribution in [-0.4, -0.2) is 12.1 Å². The van der Waals surface area contributed by atoms with Gasteiger partial charge in [-0.05, 0) is 26.7 Å². The van der Waals surface area contributed by atoms with Crippen LogP contribution in [0.2, 0.25) is 0 Å². The zero-order valence-corrected chi connectivity index (χ0v) is 6.91. The van der Waals surface area contributed by atoms with Gasteiger partial charge in [-0.2, -0.15) is 0 Å². The summed E-state index contributed by atoms with van der Waals surface area (Å²) in [6.07, 6.45) is 4.14. The summed E-state index contributed by atoms with van der Waals surface area (Å²) in [6.45, 7) is 4.52. The Balaban J connectivity index is 0.000000640. The van der Waals surface area contributed by atoms with Crippen LogP contribution >= 0.6 is 0 Å². The van der Waals surface area contributed by atoms with Gasteiger partial charge in [-0.3, -0.25) is 0 Å². The molecule has 1 N–H and O–H groups in total. The summed E-state index contributed by atoms with van der Waals surface area (Å²) >= 11 is 0. The molecule has 0 aliphatic carbocycles. The topological polar surface area (TPSA) is 12.0 Å². The molecule has 0 bridgehead atoms. The monoisotopic (exact) mass is 148 g/mol. The molecule has 1 saturated heterocycles. The highest BCUT2D eigenvalue weighted by atomic mass is 35.5. The quantitative estimate of drug-likeness (QED) is 0.443. The van der Waals surface area contributed by atoms with Gasteiger partial charge in [-0.15, -0.1) is 0 Å². The van der Waals surface area contributed by atoms with Crippen LogP contribution in [0.3, 0.4) is 0 Å². The molecule has 56 valence electrons. The van der Waals surface area contributed by atoms with Crippen LogP contribution in [0, 0.1) is 0 Å². The van der Waals surface area contributed by atoms with Crippen LogP contribution in [0.1, 0.15) is 33.1 Å². The number of hydrogen-bond acceptors (Lipinski definition) is 1. The molecule has 0 spiro atoms. The van der Waals surface area contributed by atoms with Crippen molar-refractivity contribution in [3.05, 3.63) is 0 Å². The fourth-order valence-corrected chi connectivity index (χ4v) is 1.38. The van der Waals surface area contributed by atoms with Crippen molar-refractivity contribution in [1.82, 2.24) is 5.32 Å². The molecule has 1 fully saturated rings. The van der Waals surface area contributed by atoms with Crippen molar-refractivity contribution in [3.63, 3.8) is 0 Å². The van der Waals surface area contributed by atoms with Gasteiger partial charge in [0.15, 0.2) is 0 Å². The molecule has 0 aromatic rings. The van der Waals surface area contributed by atoms with Crippen molar-refractivity contribution in [2.75, 3.05) is 0 Å². The minimum Gasteiger partial charge on any atom is -1.00 e. The molecule has 1 aliphatic heterocycles. The molecule has 0 saturated carbocycles. The Labute approximate surface area is 63.6 Å². The first-order valence-electron chi connectivity index (χ1n) is 3.55. The van der Waals surface area contributed by atoms with E-state index in [0.29, 0.717) is 0 Å². The van der Waals surface area contributed by atoms with E-state index in [1.807, 2.05) is 0 Å². The second-order valence-corrected chi connectivity index (χ2v) is 2.90. The van der Waals surface area contributed by atoms with E-state index in [0.717, 1.165) is 12.1 Å². The molecular formula is C7H15ClN-. The van der Waals surface area contributed by atoms with Crippen molar-refractivity contribution in [3.8, 4) is 0 Å². The van der Waals surface area contributed by atoms with Crippen LogP contribution < -0.4 is 17.7 Å². The summed E-state index contributed by atoms with van der Waals surface area (Å²) in [5.41, 5.74) is 0. The lowest BCUT2D eigenvalue weighted by Gasteiger charge is -2.25. The Morgan fingerprint density at radius 2 is 1.56 bits per heavy atom. The van der Waals surface area contributed by atoms with Gasteiger partial charge in [0.2, 0.25) is 0 Å². The van der Waals surface area contributed by atoms with Crippen LogP contribution in [-0.2, 0) is 0 Å². The highest BCUT2D eigenvalue weighted by Gasteiger charge is 2.11. The number of piperidine rings is 1. The maximum absolute atomic E-state index is 3.48. The van der Waals surface area contributed by atoms with Crippen molar-refractivity contribution < 1.29 is 12.4 Å². The van der Waals surface area contributed by atoms with E-state index in [2.05, 4.69) is 19.2 Å². The summed E-state index contributed by atoms with van der Waals surface area (Å²) in [7, 11) is 0. The van der Waals surface area contributed by atoms with Crippen molar-refractivity contribution in [1.29, 1.82) is 0 Å². The third-order valence-corrected chi connectivity index (χ3v) is 1.84. The lowest BCUT2D eigenvalue weighted by Crippen LogP contribution is -3.00. The first-order valence-corrected chi connectivity index (χ1v) is 3.55. The van der Waals surface area contributed by atoms with Gasteiger partial charge in [0, 0.05) is 12.1 Å². The Kier molecular flexibility index (Phi) is 4.24. The van der Waals surface area contributed by atoms with Gasteiger partial charge < -0.3 is 17.7 Å². The summed E-state index contributed by atoms with van der Waals surface area (Å²) in [5, 5.41) is 3.48. The van der Waals surface area contributed by atoms with E-state index >= 15 is 0 Å². The average Bonchev–Trinajstić information content (AvgIpc) is 1.64. The molecule has 0 aromatic heterocycles. The number of hydrogen-bond donors (Lipinski definition) is 1. The largest absolute Gasteiger partial charge is 1.00 e. The van der Waals surface area contributed by atoms with Gasteiger partial charge in [0.05, 0.1) is 0 Å². The highest BCUT2D eigenvalue weighted by molar-refractivity contribution is 4.73. The molecule has 1 aliphatic rings. The molecule has 2 heteroatoms.